The number of hydrogen-bond donors (Lipinski definition) is 1. The minimum absolute atomic E-state index is 0. The standard InChI is InChI=1S/C17H17Cl2N.ClH.H2S/c1-20-11-17(13-7-8-15(18)16(19)9-13)10-14(17)12-5-3-2-4-6-12;;/h2-9,14,20H,10-11H2,1H3;1H;1H2/t14?,17-;;/m0../s1. The molecule has 0 amide bonds. The predicted octanol–water partition coefficient (Wildman–Crippen LogP) is 5.17. The summed E-state index contributed by atoms with van der Waals surface area (Å²) in [5, 5.41) is 4.58. The molecule has 5 heteroatoms. The summed E-state index contributed by atoms with van der Waals surface area (Å²) in [7, 11) is 2.00. The van der Waals surface area contributed by atoms with Crippen LogP contribution in [-0.4, -0.2) is 13.6 Å². The van der Waals surface area contributed by atoms with Crippen molar-refractivity contribution < 1.29 is 0 Å². The lowest BCUT2D eigenvalue weighted by molar-refractivity contribution is 0.605. The van der Waals surface area contributed by atoms with Gasteiger partial charge < -0.3 is 5.32 Å². The van der Waals surface area contributed by atoms with E-state index in [0.717, 1.165) is 13.0 Å². The summed E-state index contributed by atoms with van der Waals surface area (Å²) in [6, 6.07) is 16.7. The van der Waals surface area contributed by atoms with E-state index in [1.807, 2.05) is 19.2 Å². The van der Waals surface area contributed by atoms with Gasteiger partial charge in [-0.25, -0.2) is 0 Å². The van der Waals surface area contributed by atoms with Crippen LogP contribution in [-0.2, 0) is 5.41 Å². The van der Waals surface area contributed by atoms with Gasteiger partial charge in [0, 0.05) is 12.0 Å². The van der Waals surface area contributed by atoms with Crippen molar-refractivity contribution in [3.05, 3.63) is 69.7 Å². The molecule has 1 aliphatic carbocycles. The minimum Gasteiger partial charge on any atom is -0.319 e. The second-order valence-corrected chi connectivity index (χ2v) is 6.30. The maximum atomic E-state index is 6.19. The van der Waals surface area contributed by atoms with Gasteiger partial charge in [-0.3, -0.25) is 0 Å². The summed E-state index contributed by atoms with van der Waals surface area (Å²) >= 11 is 12.2. The van der Waals surface area contributed by atoms with Crippen LogP contribution in [0, 0.1) is 0 Å². The van der Waals surface area contributed by atoms with Crippen molar-refractivity contribution in [3.63, 3.8) is 0 Å². The monoisotopic (exact) mass is 375 g/mol. The molecule has 1 unspecified atom stereocenters. The van der Waals surface area contributed by atoms with Gasteiger partial charge in [-0.15, -0.1) is 12.4 Å². The van der Waals surface area contributed by atoms with Crippen molar-refractivity contribution in [2.75, 3.05) is 13.6 Å². The third-order valence-corrected chi connectivity index (χ3v) is 5.00. The molecule has 1 saturated carbocycles. The van der Waals surface area contributed by atoms with E-state index < -0.39 is 0 Å². The Balaban J connectivity index is 0.00000121. The van der Waals surface area contributed by atoms with Crippen LogP contribution in [0.2, 0.25) is 10.0 Å². The van der Waals surface area contributed by atoms with Crippen molar-refractivity contribution >= 4 is 49.1 Å². The molecule has 0 bridgehead atoms. The van der Waals surface area contributed by atoms with Crippen molar-refractivity contribution in [2.45, 2.75) is 17.8 Å². The zero-order valence-electron chi connectivity index (χ0n) is 12.3. The lowest BCUT2D eigenvalue weighted by atomic mass is 9.90. The van der Waals surface area contributed by atoms with Gasteiger partial charge in [-0.2, -0.15) is 13.5 Å². The fourth-order valence-corrected chi connectivity index (χ4v) is 3.46. The average molecular weight is 377 g/mol. The second kappa shape index (κ2) is 7.94. The first-order valence-corrected chi connectivity index (χ1v) is 7.58. The minimum atomic E-state index is 0. The van der Waals surface area contributed by atoms with Crippen molar-refractivity contribution in [2.24, 2.45) is 0 Å². The number of likely N-dealkylation sites (N-methyl/N-ethyl adjacent to an activating group) is 1. The maximum absolute atomic E-state index is 6.19. The third kappa shape index (κ3) is 3.58. The first-order valence-electron chi connectivity index (χ1n) is 6.82. The van der Waals surface area contributed by atoms with Crippen molar-refractivity contribution in [3.8, 4) is 0 Å². The van der Waals surface area contributed by atoms with E-state index >= 15 is 0 Å². The molecule has 1 nitrogen and oxygen atoms in total. The Bertz CT molecular complexity index is 621. The first-order chi connectivity index (χ1) is 9.67. The topological polar surface area (TPSA) is 12.0 Å². The molecule has 2 aromatic rings. The van der Waals surface area contributed by atoms with Crippen LogP contribution in [0.25, 0.3) is 0 Å². The molecule has 0 aliphatic heterocycles. The second-order valence-electron chi connectivity index (χ2n) is 5.48. The Labute approximate surface area is 155 Å². The highest BCUT2D eigenvalue weighted by molar-refractivity contribution is 7.59. The molecule has 1 N–H and O–H groups in total. The summed E-state index contributed by atoms with van der Waals surface area (Å²) in [5.41, 5.74) is 2.81. The van der Waals surface area contributed by atoms with Crippen LogP contribution in [0.3, 0.4) is 0 Å². The summed E-state index contributed by atoms with van der Waals surface area (Å²) in [4.78, 5) is 0. The number of hydrogen-bond acceptors (Lipinski definition) is 1. The molecule has 0 radical (unpaired) electrons. The van der Waals surface area contributed by atoms with Crippen molar-refractivity contribution in [1.29, 1.82) is 0 Å². The molecular weight excluding hydrogens is 357 g/mol. The van der Waals surface area contributed by atoms with Gasteiger partial charge in [-0.05, 0) is 42.6 Å². The Hall–Kier alpha value is -0.380. The van der Waals surface area contributed by atoms with Gasteiger partial charge in [0.05, 0.1) is 10.0 Å². The fourth-order valence-electron chi connectivity index (χ4n) is 3.17. The summed E-state index contributed by atoms with van der Waals surface area (Å²) < 4.78 is 0. The molecule has 0 aromatic heterocycles. The molecule has 2 aromatic carbocycles. The van der Waals surface area contributed by atoms with Crippen LogP contribution in [0.15, 0.2) is 48.5 Å². The molecule has 120 valence electrons. The average Bonchev–Trinajstić information content (AvgIpc) is 3.19. The van der Waals surface area contributed by atoms with Crippen LogP contribution < -0.4 is 5.32 Å². The number of nitrogens with one attached hydrogen (secondary N) is 1. The third-order valence-electron chi connectivity index (χ3n) is 4.26. The Morgan fingerprint density at radius 2 is 1.77 bits per heavy atom. The fraction of sp³-hybridized carbons (Fsp3) is 0.294. The van der Waals surface area contributed by atoms with E-state index in [9.17, 15) is 0 Å². The molecule has 3 rings (SSSR count). The van der Waals surface area contributed by atoms with Crippen LogP contribution in [0.1, 0.15) is 23.5 Å². The lowest BCUT2D eigenvalue weighted by Crippen LogP contribution is -2.25. The Morgan fingerprint density at radius 1 is 1.09 bits per heavy atom. The highest BCUT2D eigenvalue weighted by atomic mass is 35.5. The van der Waals surface area contributed by atoms with Gasteiger partial charge in [0.2, 0.25) is 0 Å². The van der Waals surface area contributed by atoms with E-state index in [2.05, 4.69) is 41.7 Å². The summed E-state index contributed by atoms with van der Waals surface area (Å²) in [6.45, 7) is 0.949. The van der Waals surface area contributed by atoms with E-state index in [0.29, 0.717) is 16.0 Å². The van der Waals surface area contributed by atoms with Gasteiger partial charge in [-0.1, -0.05) is 59.6 Å². The lowest BCUT2D eigenvalue weighted by Gasteiger charge is -2.19. The quantitative estimate of drug-likeness (QED) is 0.776. The highest BCUT2D eigenvalue weighted by Crippen LogP contribution is 2.60. The van der Waals surface area contributed by atoms with Gasteiger partial charge >= 0.3 is 0 Å². The van der Waals surface area contributed by atoms with Gasteiger partial charge in [0.15, 0.2) is 0 Å². The SMILES string of the molecule is CNC[C@]1(c2ccc(Cl)c(Cl)c2)CC1c1ccccc1.Cl.S. The molecule has 22 heavy (non-hydrogen) atoms. The number of benzene rings is 2. The zero-order chi connectivity index (χ0) is 14.2. The number of halogens is 3. The molecule has 1 aliphatic rings. The molecular formula is C17H20Cl3NS. The largest absolute Gasteiger partial charge is 0.319 e. The normalized spacial score (nSPS) is 22.4. The molecule has 0 heterocycles. The Kier molecular flexibility index (Phi) is 7.10. The zero-order valence-corrected chi connectivity index (χ0v) is 15.6. The van der Waals surface area contributed by atoms with Crippen LogP contribution in [0.5, 0.6) is 0 Å². The maximum Gasteiger partial charge on any atom is 0.0595 e. The van der Waals surface area contributed by atoms with E-state index in [4.69, 9.17) is 23.2 Å². The van der Waals surface area contributed by atoms with Crippen molar-refractivity contribution in [1.82, 2.24) is 5.32 Å². The highest BCUT2D eigenvalue weighted by Gasteiger charge is 2.55. The van der Waals surface area contributed by atoms with E-state index in [1.165, 1.54) is 11.1 Å². The number of rotatable bonds is 4. The summed E-state index contributed by atoms with van der Waals surface area (Å²) in [6.07, 6.45) is 1.15. The van der Waals surface area contributed by atoms with Gasteiger partial charge in [0.25, 0.3) is 0 Å². The van der Waals surface area contributed by atoms with Crippen LogP contribution in [0.4, 0.5) is 0 Å². The van der Waals surface area contributed by atoms with Crippen LogP contribution >= 0.6 is 49.1 Å². The van der Waals surface area contributed by atoms with E-state index in [1.54, 1.807) is 0 Å². The molecule has 0 spiro atoms. The predicted molar refractivity (Wildman–Crippen MR) is 103 cm³/mol. The Morgan fingerprint density at radius 3 is 2.36 bits per heavy atom. The first kappa shape index (κ1) is 19.7. The smallest absolute Gasteiger partial charge is 0.0595 e. The van der Waals surface area contributed by atoms with E-state index in [-0.39, 0.29) is 31.3 Å². The molecule has 2 atom stereocenters. The van der Waals surface area contributed by atoms with Gasteiger partial charge in [0.1, 0.15) is 0 Å². The molecule has 0 saturated heterocycles. The molecule has 1 fully saturated rings. The summed E-state index contributed by atoms with van der Waals surface area (Å²) in [5.74, 6) is 0.549.